The Morgan fingerprint density at radius 3 is 2.77 bits per heavy atom. The van der Waals surface area contributed by atoms with Crippen LogP contribution in [0.5, 0.6) is 5.75 Å². The molecule has 1 aromatic carbocycles. The summed E-state index contributed by atoms with van der Waals surface area (Å²) < 4.78 is 4.93. The lowest BCUT2D eigenvalue weighted by molar-refractivity contribution is 0.0697. The van der Waals surface area contributed by atoms with E-state index >= 15 is 0 Å². The van der Waals surface area contributed by atoms with Crippen molar-refractivity contribution in [2.75, 3.05) is 7.11 Å². The molecule has 0 atom stereocenters. The molecule has 0 spiro atoms. The number of hydrogen-bond donors (Lipinski definition) is 1. The Balaban J connectivity index is 3.35. The van der Waals surface area contributed by atoms with Crippen LogP contribution in [0.1, 0.15) is 10.4 Å². The molecule has 0 saturated heterocycles. The topological polar surface area (TPSA) is 58.9 Å². The van der Waals surface area contributed by atoms with Crippen molar-refractivity contribution in [1.82, 2.24) is 0 Å². The third-order valence-electron chi connectivity index (χ3n) is 1.61. The van der Waals surface area contributed by atoms with Crippen molar-refractivity contribution >= 4 is 18.4 Å². The fourth-order valence-corrected chi connectivity index (χ4v) is 1.02. The number of aliphatic imine (C=N–C) groups is 1. The Kier molecular flexibility index (Phi) is 2.64. The number of carboxylic acid groups (broad SMARTS) is 1. The van der Waals surface area contributed by atoms with Gasteiger partial charge in [-0.25, -0.2) is 4.79 Å². The number of carbonyl (C=O) groups is 1. The van der Waals surface area contributed by atoms with Gasteiger partial charge in [0, 0.05) is 0 Å². The monoisotopic (exact) mass is 179 g/mol. The molecule has 68 valence electrons. The van der Waals surface area contributed by atoms with E-state index in [0.29, 0.717) is 5.75 Å². The van der Waals surface area contributed by atoms with Crippen molar-refractivity contribution in [1.29, 1.82) is 0 Å². The van der Waals surface area contributed by atoms with E-state index < -0.39 is 5.97 Å². The van der Waals surface area contributed by atoms with Crippen molar-refractivity contribution in [3.05, 3.63) is 23.8 Å². The summed E-state index contributed by atoms with van der Waals surface area (Å²) in [6.45, 7) is 3.29. The summed E-state index contributed by atoms with van der Waals surface area (Å²) in [5, 5.41) is 8.77. The molecule has 0 aliphatic heterocycles. The van der Waals surface area contributed by atoms with Crippen LogP contribution in [-0.4, -0.2) is 24.9 Å². The van der Waals surface area contributed by atoms with Crippen LogP contribution in [0.25, 0.3) is 0 Å². The summed E-state index contributed by atoms with van der Waals surface area (Å²) >= 11 is 0. The summed E-state index contributed by atoms with van der Waals surface area (Å²) in [5.41, 5.74) is 0.354. The minimum Gasteiger partial charge on any atom is -0.494 e. The van der Waals surface area contributed by atoms with Crippen LogP contribution in [0.3, 0.4) is 0 Å². The van der Waals surface area contributed by atoms with Crippen molar-refractivity contribution < 1.29 is 14.6 Å². The van der Waals surface area contributed by atoms with Crippen LogP contribution in [-0.2, 0) is 0 Å². The first-order chi connectivity index (χ1) is 6.20. The molecule has 0 aromatic heterocycles. The van der Waals surface area contributed by atoms with Crippen LogP contribution in [0.15, 0.2) is 23.2 Å². The number of benzene rings is 1. The van der Waals surface area contributed by atoms with Gasteiger partial charge in [-0.3, -0.25) is 4.99 Å². The number of para-hydroxylation sites is 1. The Morgan fingerprint density at radius 1 is 1.62 bits per heavy atom. The fourth-order valence-electron chi connectivity index (χ4n) is 1.02. The zero-order chi connectivity index (χ0) is 9.84. The van der Waals surface area contributed by atoms with Gasteiger partial charge in [-0.15, -0.1) is 0 Å². The Hall–Kier alpha value is -1.84. The highest BCUT2D eigenvalue weighted by Gasteiger charge is 2.12. The number of rotatable bonds is 3. The lowest BCUT2D eigenvalue weighted by atomic mass is 10.1. The molecular formula is C9H9NO3. The van der Waals surface area contributed by atoms with E-state index in [0.717, 1.165) is 0 Å². The largest absolute Gasteiger partial charge is 0.494 e. The SMILES string of the molecule is C=Nc1c(OC)cccc1C(=O)O. The molecule has 1 N–H and O–H groups in total. The summed E-state index contributed by atoms with van der Waals surface area (Å²) in [6.07, 6.45) is 0. The third kappa shape index (κ3) is 1.66. The van der Waals surface area contributed by atoms with Gasteiger partial charge in [0.05, 0.1) is 12.7 Å². The second-order valence-corrected chi connectivity index (χ2v) is 2.32. The molecule has 0 aliphatic rings. The molecule has 0 aliphatic carbocycles. The number of methoxy groups -OCH3 is 1. The fraction of sp³-hybridized carbons (Fsp3) is 0.111. The predicted octanol–water partition coefficient (Wildman–Crippen LogP) is 1.73. The zero-order valence-corrected chi connectivity index (χ0v) is 7.15. The summed E-state index contributed by atoms with van der Waals surface area (Å²) in [4.78, 5) is 14.3. The maximum absolute atomic E-state index is 10.7. The molecule has 0 radical (unpaired) electrons. The smallest absolute Gasteiger partial charge is 0.338 e. The number of ether oxygens (including phenoxy) is 1. The van der Waals surface area contributed by atoms with Gasteiger partial charge in [-0.05, 0) is 18.9 Å². The van der Waals surface area contributed by atoms with Crippen LogP contribution in [0.2, 0.25) is 0 Å². The summed E-state index contributed by atoms with van der Waals surface area (Å²) in [6, 6.07) is 4.68. The molecule has 0 fully saturated rings. The first-order valence-corrected chi connectivity index (χ1v) is 3.57. The maximum Gasteiger partial charge on any atom is 0.338 e. The minimum absolute atomic E-state index is 0.0920. The number of hydrogen-bond acceptors (Lipinski definition) is 3. The van der Waals surface area contributed by atoms with Crippen LogP contribution in [0.4, 0.5) is 5.69 Å². The Labute approximate surface area is 75.5 Å². The molecule has 0 bridgehead atoms. The van der Waals surface area contributed by atoms with Gasteiger partial charge < -0.3 is 9.84 Å². The lowest BCUT2D eigenvalue weighted by Gasteiger charge is -2.05. The predicted molar refractivity (Wildman–Crippen MR) is 49.2 cm³/mol. The van der Waals surface area contributed by atoms with E-state index in [-0.39, 0.29) is 11.3 Å². The van der Waals surface area contributed by atoms with Gasteiger partial charge >= 0.3 is 5.97 Å². The number of nitrogens with zero attached hydrogens (tertiary/aromatic N) is 1. The van der Waals surface area contributed by atoms with E-state index in [1.165, 1.54) is 13.2 Å². The quantitative estimate of drug-likeness (QED) is 0.719. The average molecular weight is 179 g/mol. The van der Waals surface area contributed by atoms with Gasteiger partial charge in [0.1, 0.15) is 11.4 Å². The molecule has 4 nitrogen and oxygen atoms in total. The second kappa shape index (κ2) is 3.71. The summed E-state index contributed by atoms with van der Waals surface area (Å²) in [5.74, 6) is -0.629. The van der Waals surface area contributed by atoms with E-state index in [2.05, 4.69) is 11.7 Å². The van der Waals surface area contributed by atoms with E-state index in [9.17, 15) is 4.79 Å². The molecule has 1 aromatic rings. The Bertz CT molecular complexity index is 347. The van der Waals surface area contributed by atoms with Gasteiger partial charge in [0.15, 0.2) is 0 Å². The highest BCUT2D eigenvalue weighted by molar-refractivity contribution is 5.95. The second-order valence-electron chi connectivity index (χ2n) is 2.32. The van der Waals surface area contributed by atoms with Gasteiger partial charge in [0.25, 0.3) is 0 Å². The summed E-state index contributed by atoms with van der Waals surface area (Å²) in [7, 11) is 1.45. The lowest BCUT2D eigenvalue weighted by Crippen LogP contribution is -1.97. The van der Waals surface area contributed by atoms with Gasteiger partial charge in [-0.1, -0.05) is 6.07 Å². The minimum atomic E-state index is -1.04. The first-order valence-electron chi connectivity index (χ1n) is 3.57. The molecule has 13 heavy (non-hydrogen) atoms. The van der Waals surface area contributed by atoms with Gasteiger partial charge in [-0.2, -0.15) is 0 Å². The van der Waals surface area contributed by atoms with Crippen molar-refractivity contribution in [2.45, 2.75) is 0 Å². The zero-order valence-electron chi connectivity index (χ0n) is 7.15. The van der Waals surface area contributed by atoms with Crippen molar-refractivity contribution in [3.63, 3.8) is 0 Å². The average Bonchev–Trinajstić information content (AvgIpc) is 2.16. The van der Waals surface area contributed by atoms with Crippen molar-refractivity contribution in [3.8, 4) is 5.75 Å². The van der Waals surface area contributed by atoms with E-state index in [4.69, 9.17) is 9.84 Å². The molecule has 0 heterocycles. The molecule has 0 unspecified atom stereocenters. The Morgan fingerprint density at radius 2 is 2.31 bits per heavy atom. The highest BCUT2D eigenvalue weighted by Crippen LogP contribution is 2.30. The maximum atomic E-state index is 10.7. The van der Waals surface area contributed by atoms with Crippen LogP contribution >= 0.6 is 0 Å². The van der Waals surface area contributed by atoms with Crippen molar-refractivity contribution in [2.24, 2.45) is 4.99 Å². The third-order valence-corrected chi connectivity index (χ3v) is 1.61. The number of aromatic carboxylic acids is 1. The normalized spacial score (nSPS) is 9.31. The highest BCUT2D eigenvalue weighted by atomic mass is 16.5. The van der Waals surface area contributed by atoms with Crippen LogP contribution < -0.4 is 4.74 Å². The molecule has 0 amide bonds. The molecule has 4 heteroatoms. The standard InChI is InChI=1S/C9H9NO3/c1-10-8-6(9(11)12)4-3-5-7(8)13-2/h3-5H,1H2,2H3,(H,11,12). The van der Waals surface area contributed by atoms with Crippen LogP contribution in [0, 0.1) is 0 Å². The number of carboxylic acids is 1. The molecule has 1 rings (SSSR count). The molecule has 0 saturated carbocycles. The molecular weight excluding hydrogens is 170 g/mol. The van der Waals surface area contributed by atoms with Gasteiger partial charge in [0.2, 0.25) is 0 Å². The van der Waals surface area contributed by atoms with E-state index in [1.54, 1.807) is 12.1 Å². The first kappa shape index (κ1) is 9.25. The van der Waals surface area contributed by atoms with E-state index in [1.807, 2.05) is 0 Å².